The topological polar surface area (TPSA) is 35.6 Å². The third-order valence-electron chi connectivity index (χ3n) is 5.39. The second-order valence-corrected chi connectivity index (χ2v) is 7.85. The molecule has 0 bridgehead atoms. The van der Waals surface area contributed by atoms with Gasteiger partial charge in [-0.25, -0.2) is 9.18 Å². The number of hydrogen-bond acceptors (Lipinski definition) is 2. The van der Waals surface area contributed by atoms with Gasteiger partial charge in [0, 0.05) is 26.7 Å². The third kappa shape index (κ3) is 6.16. The van der Waals surface area contributed by atoms with E-state index in [9.17, 15) is 35.5 Å². The number of amides is 2. The number of benzene rings is 2. The predicted octanol–water partition coefficient (Wildman–Crippen LogP) is 5.45. The van der Waals surface area contributed by atoms with E-state index in [-0.39, 0.29) is 18.2 Å². The van der Waals surface area contributed by atoms with Crippen molar-refractivity contribution in [3.05, 3.63) is 70.5 Å². The number of carbonyl (C=O) groups is 1. The summed E-state index contributed by atoms with van der Waals surface area (Å²) in [6, 6.07) is 5.92. The third-order valence-corrected chi connectivity index (χ3v) is 5.39. The van der Waals surface area contributed by atoms with Gasteiger partial charge in [0.25, 0.3) is 0 Å². The molecule has 0 radical (unpaired) electrons. The number of nitrogens with zero attached hydrogens (tertiary/aromatic N) is 2. The van der Waals surface area contributed by atoms with Crippen LogP contribution in [-0.2, 0) is 18.9 Å². The van der Waals surface area contributed by atoms with Crippen molar-refractivity contribution in [1.29, 1.82) is 0 Å². The molecule has 0 saturated carbocycles. The molecule has 1 aliphatic heterocycles. The van der Waals surface area contributed by atoms with E-state index >= 15 is 0 Å². The maximum absolute atomic E-state index is 13.3. The van der Waals surface area contributed by atoms with Gasteiger partial charge < -0.3 is 15.1 Å². The molecular weight excluding hydrogens is 455 g/mol. The summed E-state index contributed by atoms with van der Waals surface area (Å²) in [6.45, 7) is 0.852. The summed E-state index contributed by atoms with van der Waals surface area (Å²) in [5, 5.41) is 3.14. The van der Waals surface area contributed by atoms with Crippen LogP contribution in [0.4, 0.5) is 35.5 Å². The van der Waals surface area contributed by atoms with Crippen LogP contribution in [0.2, 0.25) is 0 Å². The van der Waals surface area contributed by atoms with Gasteiger partial charge in [0.2, 0.25) is 0 Å². The average molecular weight is 477 g/mol. The maximum Gasteiger partial charge on any atom is 0.416 e. The lowest BCUT2D eigenvalue weighted by Crippen LogP contribution is -2.44. The Labute approximate surface area is 186 Å². The Bertz CT molecular complexity index is 941. The molecule has 0 unspecified atom stereocenters. The molecule has 2 amide bonds. The van der Waals surface area contributed by atoms with Crippen molar-refractivity contribution < 1.29 is 35.5 Å². The molecule has 2 aromatic carbocycles. The van der Waals surface area contributed by atoms with Crippen molar-refractivity contribution in [3.63, 3.8) is 0 Å². The summed E-state index contributed by atoms with van der Waals surface area (Å²) in [5.74, 6) is -0.439. The predicted molar refractivity (Wildman–Crippen MR) is 107 cm³/mol. The van der Waals surface area contributed by atoms with Crippen molar-refractivity contribution >= 4 is 6.03 Å². The van der Waals surface area contributed by atoms with Gasteiger partial charge in [0.05, 0.1) is 17.2 Å². The number of hydrogen-bond donors (Lipinski definition) is 1. The van der Waals surface area contributed by atoms with Gasteiger partial charge in [-0.1, -0.05) is 12.1 Å². The number of urea groups is 1. The molecular formula is C22H22F7N3O. The van der Waals surface area contributed by atoms with Crippen molar-refractivity contribution in [1.82, 2.24) is 15.1 Å². The molecule has 1 fully saturated rings. The Morgan fingerprint density at radius 2 is 1.58 bits per heavy atom. The fraction of sp³-hybridized carbons (Fsp3) is 0.409. The molecule has 1 heterocycles. The van der Waals surface area contributed by atoms with Gasteiger partial charge in [-0.3, -0.25) is 0 Å². The van der Waals surface area contributed by atoms with E-state index in [1.807, 2.05) is 0 Å². The van der Waals surface area contributed by atoms with E-state index < -0.39 is 47.9 Å². The van der Waals surface area contributed by atoms with Crippen molar-refractivity contribution in [2.24, 2.45) is 0 Å². The molecule has 1 aliphatic rings. The minimum atomic E-state index is -4.97. The van der Waals surface area contributed by atoms with E-state index in [1.165, 1.54) is 24.1 Å². The first-order valence-electron chi connectivity index (χ1n) is 10.1. The fourth-order valence-electron chi connectivity index (χ4n) is 3.81. The van der Waals surface area contributed by atoms with E-state index in [1.54, 1.807) is 12.1 Å². The minimum absolute atomic E-state index is 0.0519. The van der Waals surface area contributed by atoms with Gasteiger partial charge in [-0.15, -0.1) is 0 Å². The van der Waals surface area contributed by atoms with Crippen molar-refractivity contribution in [3.8, 4) is 0 Å². The normalized spacial score (nSPS) is 17.6. The Balaban J connectivity index is 1.87. The van der Waals surface area contributed by atoms with E-state index in [0.717, 1.165) is 4.90 Å². The molecule has 1 atom stereocenters. The highest BCUT2D eigenvalue weighted by atomic mass is 19.4. The largest absolute Gasteiger partial charge is 0.416 e. The summed E-state index contributed by atoms with van der Waals surface area (Å²) in [5.41, 5.74) is -2.48. The van der Waals surface area contributed by atoms with Crippen LogP contribution in [0.5, 0.6) is 0 Å². The second-order valence-electron chi connectivity index (χ2n) is 7.85. The molecule has 0 aliphatic carbocycles. The Kier molecular flexibility index (Phi) is 7.20. The molecule has 1 N–H and O–H groups in total. The molecule has 2 aromatic rings. The van der Waals surface area contributed by atoms with E-state index in [0.29, 0.717) is 37.2 Å². The average Bonchev–Trinajstić information content (AvgIpc) is 2.98. The molecule has 11 heteroatoms. The van der Waals surface area contributed by atoms with Crippen LogP contribution < -0.4 is 5.32 Å². The van der Waals surface area contributed by atoms with Crippen LogP contribution in [0.3, 0.4) is 0 Å². The molecule has 0 aromatic heterocycles. The lowest BCUT2D eigenvalue weighted by molar-refractivity contribution is -0.143. The highest BCUT2D eigenvalue weighted by molar-refractivity contribution is 5.75. The van der Waals surface area contributed by atoms with Crippen molar-refractivity contribution in [2.45, 2.75) is 31.4 Å². The first-order chi connectivity index (χ1) is 15.4. The number of carbonyl (C=O) groups excluding carboxylic acids is 1. The smallest absolute Gasteiger partial charge is 0.323 e. The highest BCUT2D eigenvalue weighted by Crippen LogP contribution is 2.36. The molecule has 180 valence electrons. The van der Waals surface area contributed by atoms with Crippen LogP contribution in [0.15, 0.2) is 42.5 Å². The Morgan fingerprint density at radius 1 is 1.00 bits per heavy atom. The molecule has 0 spiro atoms. The standard InChI is InChI=1S/C22H22F7N3O/c1-31(13-14-10-16(21(24,25)26)12-17(11-14)22(27,28)29)20(33)32-9-8-30-7-6-19(32)15-2-4-18(23)5-3-15/h2-5,10-12,19,30H,6-9,13H2,1H3/t19-/m1/s1. The molecule has 3 rings (SSSR count). The lowest BCUT2D eigenvalue weighted by atomic mass is 10.0. The zero-order valence-electron chi connectivity index (χ0n) is 17.6. The fourth-order valence-corrected chi connectivity index (χ4v) is 3.81. The summed E-state index contributed by atoms with van der Waals surface area (Å²) in [4.78, 5) is 15.7. The van der Waals surface area contributed by atoms with Crippen LogP contribution in [0, 0.1) is 5.82 Å². The number of nitrogens with one attached hydrogen (secondary N) is 1. The number of rotatable bonds is 3. The Hall–Kier alpha value is -2.82. The first-order valence-corrected chi connectivity index (χ1v) is 10.1. The van der Waals surface area contributed by atoms with Gasteiger partial charge in [-0.2, -0.15) is 26.3 Å². The van der Waals surface area contributed by atoms with Crippen molar-refractivity contribution in [2.75, 3.05) is 26.7 Å². The van der Waals surface area contributed by atoms with E-state index in [2.05, 4.69) is 5.32 Å². The summed E-state index contributed by atoms with van der Waals surface area (Å²) in [6.07, 6.45) is -9.43. The Morgan fingerprint density at radius 3 is 2.12 bits per heavy atom. The van der Waals surface area contributed by atoms with Gasteiger partial charge in [0.15, 0.2) is 0 Å². The SMILES string of the molecule is CN(Cc1cc(C(F)(F)F)cc(C(F)(F)F)c1)C(=O)N1CCNCC[C@@H]1c1ccc(F)cc1. The van der Waals surface area contributed by atoms with E-state index in [4.69, 9.17) is 0 Å². The highest BCUT2D eigenvalue weighted by Gasteiger charge is 2.37. The van der Waals surface area contributed by atoms with Gasteiger partial charge in [-0.05, 0) is 54.4 Å². The number of halogens is 7. The molecule has 33 heavy (non-hydrogen) atoms. The monoisotopic (exact) mass is 477 g/mol. The van der Waals surface area contributed by atoms with Crippen LogP contribution in [0.1, 0.15) is 34.7 Å². The molecule has 4 nitrogen and oxygen atoms in total. The first kappa shape index (κ1) is 24.8. The number of alkyl halides is 6. The zero-order valence-corrected chi connectivity index (χ0v) is 17.6. The van der Waals surface area contributed by atoms with Crippen LogP contribution in [0.25, 0.3) is 0 Å². The zero-order chi connectivity index (χ0) is 24.4. The van der Waals surface area contributed by atoms with Gasteiger partial charge in [0.1, 0.15) is 5.82 Å². The summed E-state index contributed by atoms with van der Waals surface area (Å²) in [7, 11) is 1.32. The quantitative estimate of drug-likeness (QED) is 0.597. The summed E-state index contributed by atoms with van der Waals surface area (Å²) >= 11 is 0. The minimum Gasteiger partial charge on any atom is -0.323 e. The maximum atomic E-state index is 13.3. The molecule has 1 saturated heterocycles. The summed E-state index contributed by atoms with van der Waals surface area (Å²) < 4.78 is 92.2. The van der Waals surface area contributed by atoms with Crippen LogP contribution in [-0.4, -0.2) is 42.5 Å². The van der Waals surface area contributed by atoms with Crippen LogP contribution >= 0.6 is 0 Å². The second kappa shape index (κ2) is 9.58. The lowest BCUT2D eigenvalue weighted by Gasteiger charge is -2.34. The van der Waals surface area contributed by atoms with Gasteiger partial charge >= 0.3 is 18.4 Å².